The number of likely N-dealkylation sites (N-methyl/N-ethyl adjacent to an activating group) is 1. The Labute approximate surface area is 106 Å². The van der Waals surface area contributed by atoms with Gasteiger partial charge < -0.3 is 19.5 Å². The Kier molecular flexibility index (Phi) is 4.14. The second-order valence-corrected chi connectivity index (χ2v) is 4.39. The average Bonchev–Trinajstić information content (AvgIpc) is 2.82. The van der Waals surface area contributed by atoms with E-state index in [2.05, 4.69) is 22.4 Å². The molecule has 7 nitrogen and oxygen atoms in total. The topological polar surface area (TPSA) is 74.5 Å². The van der Waals surface area contributed by atoms with Gasteiger partial charge in [0, 0.05) is 20.1 Å². The molecule has 1 aliphatic rings. The molecule has 1 fully saturated rings. The molecule has 0 aliphatic carbocycles. The van der Waals surface area contributed by atoms with Crippen LogP contribution in [0, 0.1) is 0 Å². The molecule has 0 saturated carbocycles. The zero-order chi connectivity index (χ0) is 13.0. The Morgan fingerprint density at radius 2 is 2.22 bits per heavy atom. The molecule has 0 radical (unpaired) electrons. The smallest absolute Gasteiger partial charge is 0.318 e. The highest BCUT2D eigenvalue weighted by Gasteiger charge is 2.24. The summed E-state index contributed by atoms with van der Waals surface area (Å²) in [6.45, 7) is 5.31. The van der Waals surface area contributed by atoms with Gasteiger partial charge in [-0.2, -0.15) is 0 Å². The van der Waals surface area contributed by atoms with Crippen LogP contribution in [0.25, 0.3) is 0 Å². The van der Waals surface area contributed by atoms with E-state index < -0.39 is 0 Å². The minimum absolute atomic E-state index is 0.0742. The molecule has 18 heavy (non-hydrogen) atoms. The predicted octanol–water partition coefficient (Wildman–Crippen LogP) is -0.152. The molecule has 1 aromatic rings. The van der Waals surface area contributed by atoms with Crippen molar-refractivity contribution in [1.82, 2.24) is 20.4 Å². The van der Waals surface area contributed by atoms with Crippen LogP contribution < -0.4 is 10.2 Å². The molecule has 0 bridgehead atoms. The maximum atomic E-state index is 11.6. The molecule has 0 spiro atoms. The number of piperazine rings is 1. The van der Waals surface area contributed by atoms with E-state index in [1.54, 1.807) is 11.9 Å². The summed E-state index contributed by atoms with van der Waals surface area (Å²) in [6, 6.07) is 0.435. The maximum absolute atomic E-state index is 11.6. The Morgan fingerprint density at radius 1 is 1.39 bits per heavy atom. The number of anilines is 1. The van der Waals surface area contributed by atoms with E-state index in [0.29, 0.717) is 31.5 Å². The van der Waals surface area contributed by atoms with Gasteiger partial charge in [-0.05, 0) is 13.0 Å². The van der Waals surface area contributed by atoms with Crippen molar-refractivity contribution >= 4 is 11.9 Å². The lowest BCUT2D eigenvalue weighted by molar-refractivity contribution is -0.129. The zero-order valence-corrected chi connectivity index (χ0v) is 10.8. The largest absolute Gasteiger partial charge is 0.407 e. The van der Waals surface area contributed by atoms with Gasteiger partial charge in [0.15, 0.2) is 0 Å². The number of nitrogens with zero attached hydrogens (tertiary/aromatic N) is 4. The highest BCUT2D eigenvalue weighted by molar-refractivity contribution is 5.81. The van der Waals surface area contributed by atoms with Crippen LogP contribution >= 0.6 is 0 Å². The van der Waals surface area contributed by atoms with Gasteiger partial charge in [0.1, 0.15) is 6.54 Å². The molecular formula is C11H19N5O2. The SMILES string of the molecule is CCCNCc1nnc(N2CCN(C)C(=O)C2)o1. The van der Waals surface area contributed by atoms with Gasteiger partial charge in [0.05, 0.1) is 6.54 Å². The molecule has 0 aromatic carbocycles. The van der Waals surface area contributed by atoms with Gasteiger partial charge in [-0.3, -0.25) is 4.79 Å². The normalized spacial score (nSPS) is 16.4. The van der Waals surface area contributed by atoms with Crippen LogP contribution in [0.2, 0.25) is 0 Å². The fourth-order valence-electron chi connectivity index (χ4n) is 1.74. The highest BCUT2D eigenvalue weighted by Crippen LogP contribution is 2.14. The van der Waals surface area contributed by atoms with Gasteiger partial charge in [0.25, 0.3) is 0 Å². The maximum Gasteiger partial charge on any atom is 0.318 e. The van der Waals surface area contributed by atoms with Crippen molar-refractivity contribution in [3.63, 3.8) is 0 Å². The second kappa shape index (κ2) is 5.81. The van der Waals surface area contributed by atoms with Gasteiger partial charge in [-0.25, -0.2) is 0 Å². The lowest BCUT2D eigenvalue weighted by Gasteiger charge is -2.30. The molecule has 1 aliphatic heterocycles. The lowest BCUT2D eigenvalue weighted by atomic mass is 10.3. The summed E-state index contributed by atoms with van der Waals surface area (Å²) in [7, 11) is 1.80. The number of amides is 1. The van der Waals surface area contributed by atoms with E-state index in [9.17, 15) is 4.79 Å². The summed E-state index contributed by atoms with van der Waals surface area (Å²) in [5.74, 6) is 0.634. The number of rotatable bonds is 5. The highest BCUT2D eigenvalue weighted by atomic mass is 16.4. The minimum atomic E-state index is 0.0742. The lowest BCUT2D eigenvalue weighted by Crippen LogP contribution is -2.48. The van der Waals surface area contributed by atoms with Gasteiger partial charge in [-0.15, -0.1) is 5.10 Å². The first kappa shape index (κ1) is 12.8. The first-order chi connectivity index (χ1) is 8.70. The number of hydrogen-bond donors (Lipinski definition) is 1. The predicted molar refractivity (Wildman–Crippen MR) is 66.1 cm³/mol. The third kappa shape index (κ3) is 2.98. The molecule has 0 unspecified atom stereocenters. The van der Waals surface area contributed by atoms with Crippen molar-refractivity contribution in [1.29, 1.82) is 0 Å². The number of nitrogens with one attached hydrogen (secondary N) is 1. The summed E-state index contributed by atoms with van der Waals surface area (Å²) in [5, 5.41) is 11.1. The summed E-state index contributed by atoms with van der Waals surface area (Å²) in [6.07, 6.45) is 1.06. The number of aromatic nitrogens is 2. The molecule has 1 aromatic heterocycles. The first-order valence-corrected chi connectivity index (χ1v) is 6.22. The zero-order valence-electron chi connectivity index (χ0n) is 10.8. The van der Waals surface area contributed by atoms with Crippen molar-refractivity contribution in [3.05, 3.63) is 5.89 Å². The number of carbonyl (C=O) groups excluding carboxylic acids is 1. The van der Waals surface area contributed by atoms with Crippen molar-refractivity contribution in [2.45, 2.75) is 19.9 Å². The van der Waals surface area contributed by atoms with E-state index in [4.69, 9.17) is 4.42 Å². The molecule has 1 saturated heterocycles. The fourth-order valence-corrected chi connectivity index (χ4v) is 1.74. The molecule has 2 rings (SSSR count). The molecular weight excluding hydrogens is 234 g/mol. The molecule has 1 amide bonds. The monoisotopic (exact) mass is 253 g/mol. The van der Waals surface area contributed by atoms with E-state index in [1.165, 1.54) is 0 Å². The average molecular weight is 253 g/mol. The van der Waals surface area contributed by atoms with Crippen molar-refractivity contribution in [3.8, 4) is 0 Å². The minimum Gasteiger partial charge on any atom is -0.407 e. The quantitative estimate of drug-likeness (QED) is 0.735. The van der Waals surface area contributed by atoms with Crippen molar-refractivity contribution in [2.24, 2.45) is 0 Å². The van der Waals surface area contributed by atoms with Gasteiger partial charge in [-0.1, -0.05) is 12.0 Å². The third-order valence-corrected chi connectivity index (χ3v) is 2.89. The van der Waals surface area contributed by atoms with Crippen LogP contribution in [-0.4, -0.2) is 54.2 Å². The van der Waals surface area contributed by atoms with E-state index in [1.807, 2.05) is 4.90 Å². The Morgan fingerprint density at radius 3 is 2.94 bits per heavy atom. The van der Waals surface area contributed by atoms with Crippen molar-refractivity contribution in [2.75, 3.05) is 38.1 Å². The molecule has 1 N–H and O–H groups in total. The third-order valence-electron chi connectivity index (χ3n) is 2.89. The van der Waals surface area contributed by atoms with E-state index in [-0.39, 0.29) is 5.91 Å². The summed E-state index contributed by atoms with van der Waals surface area (Å²) < 4.78 is 5.52. The van der Waals surface area contributed by atoms with Crippen LogP contribution in [0.15, 0.2) is 4.42 Å². The molecule has 100 valence electrons. The second-order valence-electron chi connectivity index (χ2n) is 4.39. The Hall–Kier alpha value is -1.63. The van der Waals surface area contributed by atoms with Crippen LogP contribution in [-0.2, 0) is 11.3 Å². The Balaban J connectivity index is 1.91. The van der Waals surface area contributed by atoms with Crippen LogP contribution in [0.5, 0.6) is 0 Å². The molecule has 0 atom stereocenters. The fraction of sp³-hybridized carbons (Fsp3) is 0.727. The molecule has 2 heterocycles. The van der Waals surface area contributed by atoms with Crippen LogP contribution in [0.4, 0.5) is 6.01 Å². The summed E-state index contributed by atoms with van der Waals surface area (Å²) in [5.41, 5.74) is 0. The first-order valence-electron chi connectivity index (χ1n) is 6.22. The standard InChI is InChI=1S/C11H19N5O2/c1-3-4-12-7-9-13-14-11(18-9)16-6-5-15(2)10(17)8-16/h12H,3-8H2,1-2H3. The Bertz CT molecular complexity index is 406. The van der Waals surface area contributed by atoms with Crippen LogP contribution in [0.3, 0.4) is 0 Å². The van der Waals surface area contributed by atoms with Crippen LogP contribution in [0.1, 0.15) is 19.2 Å². The summed E-state index contributed by atoms with van der Waals surface area (Å²) >= 11 is 0. The van der Waals surface area contributed by atoms with Crippen molar-refractivity contribution < 1.29 is 9.21 Å². The molecule has 7 heteroatoms. The number of carbonyl (C=O) groups is 1. The van der Waals surface area contributed by atoms with Gasteiger partial charge >= 0.3 is 6.01 Å². The van der Waals surface area contributed by atoms with E-state index in [0.717, 1.165) is 19.5 Å². The summed E-state index contributed by atoms with van der Waals surface area (Å²) in [4.78, 5) is 15.1. The number of hydrogen-bond acceptors (Lipinski definition) is 6. The van der Waals surface area contributed by atoms with E-state index >= 15 is 0 Å². The van der Waals surface area contributed by atoms with Gasteiger partial charge in [0.2, 0.25) is 11.8 Å².